The Morgan fingerprint density at radius 1 is 0.935 bits per heavy atom. The average molecular weight is 536 g/mol. The van der Waals surface area contributed by atoms with Gasteiger partial charge in [-0.2, -0.15) is 5.10 Å². The van der Waals surface area contributed by atoms with Crippen LogP contribution in [0.5, 0.6) is 0 Å². The van der Waals surface area contributed by atoms with E-state index in [-0.39, 0.29) is 5.91 Å². The van der Waals surface area contributed by atoms with Crippen LogP contribution in [0.15, 0.2) is 81.7 Å². The number of rotatable bonds is 3. The van der Waals surface area contributed by atoms with Crippen molar-refractivity contribution in [1.29, 1.82) is 0 Å². The van der Waals surface area contributed by atoms with Gasteiger partial charge in [-0.05, 0) is 58.3 Å². The van der Waals surface area contributed by atoms with Crippen molar-refractivity contribution in [2.45, 2.75) is 0 Å². The Balaban J connectivity index is 1.56. The van der Waals surface area contributed by atoms with Crippen molar-refractivity contribution >= 4 is 70.9 Å². The maximum atomic E-state index is 13.0. The van der Waals surface area contributed by atoms with Crippen molar-refractivity contribution in [3.8, 4) is 11.1 Å². The molecule has 31 heavy (non-hydrogen) atoms. The zero-order valence-corrected chi connectivity index (χ0v) is 19.3. The number of carbonyl (C=O) groups is 1. The number of aromatic amines is 1. The molecule has 0 aliphatic carbocycles. The van der Waals surface area contributed by atoms with E-state index in [1.54, 1.807) is 0 Å². The van der Waals surface area contributed by atoms with Gasteiger partial charge < -0.3 is 11.1 Å². The number of benzene rings is 4. The van der Waals surface area contributed by atoms with Gasteiger partial charge in [0.2, 0.25) is 0 Å². The molecule has 0 atom stereocenters. The normalized spacial score (nSPS) is 11.2. The molecule has 0 aliphatic heterocycles. The highest BCUT2D eigenvalue weighted by Gasteiger charge is 2.14. The fourth-order valence-corrected chi connectivity index (χ4v) is 5.11. The second kappa shape index (κ2) is 7.83. The average Bonchev–Trinajstić information content (AvgIpc) is 3.13. The number of anilines is 2. The first-order valence-electron chi connectivity index (χ1n) is 9.53. The summed E-state index contributed by atoms with van der Waals surface area (Å²) in [7, 11) is 0. The molecule has 5 rings (SSSR count). The van der Waals surface area contributed by atoms with E-state index in [2.05, 4.69) is 53.4 Å². The van der Waals surface area contributed by atoms with Crippen molar-refractivity contribution in [1.82, 2.24) is 10.2 Å². The van der Waals surface area contributed by atoms with E-state index >= 15 is 0 Å². The van der Waals surface area contributed by atoms with E-state index in [1.807, 2.05) is 66.7 Å². The summed E-state index contributed by atoms with van der Waals surface area (Å²) >= 11 is 6.90. The number of nitrogens with one attached hydrogen (secondary N) is 2. The number of hydrogen-bond acceptors (Lipinski definition) is 3. The fourth-order valence-electron chi connectivity index (χ4n) is 3.81. The van der Waals surface area contributed by atoms with Crippen LogP contribution in [0.25, 0.3) is 32.8 Å². The molecule has 5 nitrogen and oxygen atoms in total. The Bertz CT molecular complexity index is 1460. The highest BCUT2D eigenvalue weighted by molar-refractivity contribution is 9.11. The van der Waals surface area contributed by atoms with Crippen LogP contribution in [0.2, 0.25) is 0 Å². The number of fused-ring (bicyclic) bond motifs is 2. The van der Waals surface area contributed by atoms with Gasteiger partial charge in [-0.3, -0.25) is 9.89 Å². The maximum Gasteiger partial charge on any atom is 0.256 e. The van der Waals surface area contributed by atoms with E-state index in [4.69, 9.17) is 5.73 Å². The largest absolute Gasteiger partial charge is 0.382 e. The van der Waals surface area contributed by atoms with Crippen LogP contribution in [0.4, 0.5) is 11.5 Å². The lowest BCUT2D eigenvalue weighted by atomic mass is 9.96. The lowest BCUT2D eigenvalue weighted by Gasteiger charge is -2.11. The predicted octanol–water partition coefficient (Wildman–Crippen LogP) is 6.74. The Labute approximate surface area is 194 Å². The summed E-state index contributed by atoms with van der Waals surface area (Å²) in [4.78, 5) is 13.0. The number of amides is 1. The van der Waals surface area contributed by atoms with Crippen LogP contribution in [-0.4, -0.2) is 16.1 Å². The number of halogens is 2. The summed E-state index contributed by atoms with van der Waals surface area (Å²) < 4.78 is 1.76. The molecule has 1 aromatic heterocycles. The lowest BCUT2D eigenvalue weighted by Crippen LogP contribution is -2.12. The fraction of sp³-hybridized carbons (Fsp3) is 0. The molecular formula is C24H16Br2N4O. The van der Waals surface area contributed by atoms with E-state index in [1.165, 1.54) is 0 Å². The zero-order valence-electron chi connectivity index (χ0n) is 16.1. The number of H-pyrrole nitrogens is 1. The van der Waals surface area contributed by atoms with Crippen molar-refractivity contribution < 1.29 is 4.79 Å². The van der Waals surface area contributed by atoms with Crippen molar-refractivity contribution in [3.63, 3.8) is 0 Å². The minimum Gasteiger partial charge on any atom is -0.382 e. The van der Waals surface area contributed by atoms with E-state index in [9.17, 15) is 4.79 Å². The van der Waals surface area contributed by atoms with Gasteiger partial charge in [0, 0.05) is 20.2 Å². The van der Waals surface area contributed by atoms with Gasteiger partial charge in [0.1, 0.15) is 0 Å². The van der Waals surface area contributed by atoms with Crippen molar-refractivity contribution in [2.75, 3.05) is 11.1 Å². The van der Waals surface area contributed by atoms with Crippen molar-refractivity contribution in [2.24, 2.45) is 0 Å². The minimum absolute atomic E-state index is 0.162. The first-order valence-corrected chi connectivity index (χ1v) is 11.1. The van der Waals surface area contributed by atoms with Gasteiger partial charge in [0.05, 0.1) is 10.9 Å². The number of nitrogen functional groups attached to an aromatic ring is 1. The molecule has 0 bridgehead atoms. The van der Waals surface area contributed by atoms with E-state index in [0.29, 0.717) is 17.1 Å². The van der Waals surface area contributed by atoms with E-state index in [0.717, 1.165) is 41.7 Å². The smallest absolute Gasteiger partial charge is 0.256 e. The topological polar surface area (TPSA) is 83.8 Å². The third-order valence-corrected chi connectivity index (χ3v) is 6.09. The van der Waals surface area contributed by atoms with Crippen molar-refractivity contribution in [3.05, 3.63) is 87.3 Å². The molecule has 0 saturated heterocycles. The molecule has 0 unspecified atom stereocenters. The van der Waals surface area contributed by atoms with Crippen LogP contribution in [0.3, 0.4) is 0 Å². The second-order valence-corrected chi connectivity index (χ2v) is 9.02. The highest BCUT2D eigenvalue weighted by Crippen LogP contribution is 2.33. The van der Waals surface area contributed by atoms with Gasteiger partial charge >= 0.3 is 0 Å². The molecule has 1 amide bonds. The number of hydrogen-bond donors (Lipinski definition) is 3. The second-order valence-electron chi connectivity index (χ2n) is 7.19. The zero-order chi connectivity index (χ0) is 21.5. The summed E-state index contributed by atoms with van der Waals surface area (Å²) in [6, 6.07) is 23.4. The Kier molecular flexibility index (Phi) is 5.00. The third-order valence-electron chi connectivity index (χ3n) is 5.17. The number of carbonyl (C=O) groups excluding carboxylic acids is 1. The molecule has 5 aromatic rings. The van der Waals surface area contributed by atoms with Crippen LogP contribution in [-0.2, 0) is 0 Å². The summed E-state index contributed by atoms with van der Waals surface area (Å²) in [5.74, 6) is 0.309. The summed E-state index contributed by atoms with van der Waals surface area (Å²) in [6.45, 7) is 0. The van der Waals surface area contributed by atoms with Gasteiger partial charge in [-0.25, -0.2) is 0 Å². The predicted molar refractivity (Wildman–Crippen MR) is 133 cm³/mol. The molecule has 0 radical (unpaired) electrons. The standard InChI is InChI=1S/C24H16Br2N4O/c25-15-10-16(26)12-17(11-15)28-24(31)20-5-1-3-13-9-14(7-8-18(13)20)19-4-2-6-21-22(19)23(27)30-29-21/h1-12H,(H,28,31)(H3,27,29,30). The molecule has 0 spiro atoms. The van der Waals surface area contributed by atoms with Gasteiger partial charge in [0.15, 0.2) is 5.82 Å². The summed E-state index contributed by atoms with van der Waals surface area (Å²) in [6.07, 6.45) is 0. The molecule has 0 saturated carbocycles. The number of nitrogens with zero attached hydrogens (tertiary/aromatic N) is 1. The lowest BCUT2D eigenvalue weighted by molar-refractivity contribution is 0.102. The minimum atomic E-state index is -0.162. The number of aromatic nitrogens is 2. The SMILES string of the molecule is Nc1n[nH]c2cccc(-c3ccc4c(C(=O)Nc5cc(Br)cc(Br)c5)cccc4c3)c12. The molecule has 0 fully saturated rings. The van der Waals surface area contributed by atoms with Crippen LogP contribution >= 0.6 is 31.9 Å². The first-order chi connectivity index (χ1) is 15.0. The molecule has 4 aromatic carbocycles. The Morgan fingerprint density at radius 2 is 1.71 bits per heavy atom. The van der Waals surface area contributed by atoms with Gasteiger partial charge in [-0.15, -0.1) is 0 Å². The first kappa shape index (κ1) is 19.8. The molecule has 0 aliphatic rings. The Morgan fingerprint density at radius 3 is 2.52 bits per heavy atom. The quantitative estimate of drug-likeness (QED) is 0.239. The van der Waals surface area contributed by atoms with Crippen LogP contribution in [0, 0.1) is 0 Å². The summed E-state index contributed by atoms with van der Waals surface area (Å²) in [5.41, 5.74) is 10.3. The number of nitrogens with two attached hydrogens (primary N) is 1. The molecule has 1 heterocycles. The van der Waals surface area contributed by atoms with Crippen LogP contribution < -0.4 is 11.1 Å². The van der Waals surface area contributed by atoms with E-state index < -0.39 is 0 Å². The molecular weight excluding hydrogens is 520 g/mol. The molecule has 4 N–H and O–H groups in total. The van der Waals surface area contributed by atoms with Gasteiger partial charge in [0.25, 0.3) is 5.91 Å². The maximum absolute atomic E-state index is 13.0. The highest BCUT2D eigenvalue weighted by atomic mass is 79.9. The molecule has 152 valence electrons. The third kappa shape index (κ3) is 3.71. The summed E-state index contributed by atoms with van der Waals surface area (Å²) in [5, 5.41) is 12.8. The van der Waals surface area contributed by atoms with Gasteiger partial charge in [-0.1, -0.05) is 68.3 Å². The Hall–Kier alpha value is -3.16. The molecule has 7 heteroatoms. The monoisotopic (exact) mass is 534 g/mol. The van der Waals surface area contributed by atoms with Crippen LogP contribution in [0.1, 0.15) is 10.4 Å².